The summed E-state index contributed by atoms with van der Waals surface area (Å²) in [4.78, 5) is 0.629. The number of halogens is 1. The third-order valence-electron chi connectivity index (χ3n) is 3.93. The van der Waals surface area contributed by atoms with Crippen molar-refractivity contribution in [2.45, 2.75) is 44.0 Å². The Kier molecular flexibility index (Phi) is 3.74. The third-order valence-corrected chi connectivity index (χ3v) is 5.49. The standard InChI is InChI=1S/C12H21BrO2/c1-12(2)10(13)7-11(12)15-8-9-3-5-14-6-4-9/h9-11H,3-8H2,1-2H3. The van der Waals surface area contributed by atoms with Gasteiger partial charge < -0.3 is 9.47 Å². The minimum Gasteiger partial charge on any atom is -0.381 e. The number of rotatable bonds is 3. The van der Waals surface area contributed by atoms with Gasteiger partial charge in [-0.2, -0.15) is 0 Å². The van der Waals surface area contributed by atoms with Crippen LogP contribution in [0.4, 0.5) is 0 Å². The third kappa shape index (κ3) is 2.56. The second kappa shape index (κ2) is 4.72. The van der Waals surface area contributed by atoms with Crippen molar-refractivity contribution in [1.29, 1.82) is 0 Å². The molecule has 1 saturated carbocycles. The average molecular weight is 277 g/mol. The number of ether oxygens (including phenoxy) is 2. The van der Waals surface area contributed by atoms with E-state index in [1.807, 2.05) is 0 Å². The molecule has 0 aromatic heterocycles. The molecule has 3 heteroatoms. The van der Waals surface area contributed by atoms with Crippen molar-refractivity contribution in [2.24, 2.45) is 11.3 Å². The van der Waals surface area contributed by atoms with Gasteiger partial charge in [-0.3, -0.25) is 0 Å². The van der Waals surface area contributed by atoms with Crippen LogP contribution in [0.15, 0.2) is 0 Å². The highest BCUT2D eigenvalue weighted by Crippen LogP contribution is 2.47. The Balaban J connectivity index is 1.70. The molecule has 0 aromatic rings. The maximum Gasteiger partial charge on any atom is 0.0647 e. The van der Waals surface area contributed by atoms with Crippen LogP contribution in [-0.2, 0) is 9.47 Å². The molecular weight excluding hydrogens is 256 g/mol. The summed E-state index contributed by atoms with van der Waals surface area (Å²) < 4.78 is 11.4. The zero-order valence-electron chi connectivity index (χ0n) is 9.67. The van der Waals surface area contributed by atoms with Gasteiger partial charge in [0.1, 0.15) is 0 Å². The molecule has 0 amide bonds. The van der Waals surface area contributed by atoms with Gasteiger partial charge >= 0.3 is 0 Å². The van der Waals surface area contributed by atoms with Gasteiger partial charge in [0.2, 0.25) is 0 Å². The van der Waals surface area contributed by atoms with E-state index in [4.69, 9.17) is 9.47 Å². The van der Waals surface area contributed by atoms with Crippen LogP contribution in [0.1, 0.15) is 33.1 Å². The van der Waals surface area contributed by atoms with Gasteiger partial charge in [0.15, 0.2) is 0 Å². The van der Waals surface area contributed by atoms with Crippen LogP contribution in [-0.4, -0.2) is 30.8 Å². The van der Waals surface area contributed by atoms with Crippen molar-refractivity contribution >= 4 is 15.9 Å². The minimum absolute atomic E-state index is 0.311. The Morgan fingerprint density at radius 2 is 2.00 bits per heavy atom. The zero-order chi connectivity index (χ0) is 10.9. The Hall–Kier alpha value is 0.400. The van der Waals surface area contributed by atoms with E-state index in [0.717, 1.165) is 32.2 Å². The van der Waals surface area contributed by atoms with E-state index in [-0.39, 0.29) is 0 Å². The summed E-state index contributed by atoms with van der Waals surface area (Å²) in [5.41, 5.74) is 0.311. The van der Waals surface area contributed by atoms with Crippen LogP contribution in [0.2, 0.25) is 0 Å². The SMILES string of the molecule is CC1(C)C(Br)CC1OCC1CCOCC1. The van der Waals surface area contributed by atoms with Gasteiger partial charge in [-0.05, 0) is 25.2 Å². The fourth-order valence-corrected chi connectivity index (χ4v) is 2.92. The molecule has 15 heavy (non-hydrogen) atoms. The molecule has 0 radical (unpaired) electrons. The Bertz CT molecular complexity index is 212. The maximum atomic E-state index is 6.02. The first-order valence-electron chi connectivity index (χ1n) is 5.94. The summed E-state index contributed by atoms with van der Waals surface area (Å²) in [6.07, 6.45) is 3.95. The summed E-state index contributed by atoms with van der Waals surface area (Å²) in [5.74, 6) is 0.726. The van der Waals surface area contributed by atoms with Gasteiger partial charge in [0, 0.05) is 30.1 Å². The van der Waals surface area contributed by atoms with E-state index >= 15 is 0 Å². The summed E-state index contributed by atoms with van der Waals surface area (Å²) in [7, 11) is 0. The smallest absolute Gasteiger partial charge is 0.0647 e. The molecule has 0 aromatic carbocycles. The molecule has 0 bridgehead atoms. The second-order valence-corrected chi connectivity index (χ2v) is 6.51. The monoisotopic (exact) mass is 276 g/mol. The molecule has 2 aliphatic rings. The predicted octanol–water partition coefficient (Wildman–Crippen LogP) is 2.99. The number of hydrogen-bond acceptors (Lipinski definition) is 2. The molecule has 2 nitrogen and oxygen atoms in total. The highest BCUT2D eigenvalue weighted by molar-refractivity contribution is 9.09. The Morgan fingerprint density at radius 3 is 2.53 bits per heavy atom. The van der Waals surface area contributed by atoms with Gasteiger partial charge in [-0.1, -0.05) is 29.8 Å². The fraction of sp³-hybridized carbons (Fsp3) is 1.00. The predicted molar refractivity (Wildman–Crippen MR) is 64.4 cm³/mol. The lowest BCUT2D eigenvalue weighted by molar-refractivity contribution is -0.104. The van der Waals surface area contributed by atoms with Crippen molar-refractivity contribution in [3.8, 4) is 0 Å². The van der Waals surface area contributed by atoms with Gasteiger partial charge in [0.05, 0.1) is 6.10 Å². The Labute approximate surface area is 101 Å². The molecule has 1 saturated heterocycles. The zero-order valence-corrected chi connectivity index (χ0v) is 11.3. The van der Waals surface area contributed by atoms with E-state index in [0.29, 0.717) is 16.3 Å². The lowest BCUT2D eigenvalue weighted by Gasteiger charge is -2.49. The van der Waals surface area contributed by atoms with Crippen LogP contribution in [0, 0.1) is 11.3 Å². The largest absolute Gasteiger partial charge is 0.381 e. The topological polar surface area (TPSA) is 18.5 Å². The summed E-state index contributed by atoms with van der Waals surface area (Å²) in [6, 6.07) is 0. The highest BCUT2D eigenvalue weighted by Gasteiger charge is 2.47. The molecule has 1 aliphatic carbocycles. The normalized spacial score (nSPS) is 36.2. The van der Waals surface area contributed by atoms with Crippen molar-refractivity contribution < 1.29 is 9.47 Å². The van der Waals surface area contributed by atoms with E-state index in [1.165, 1.54) is 12.8 Å². The van der Waals surface area contributed by atoms with Crippen molar-refractivity contribution in [3.05, 3.63) is 0 Å². The molecular formula is C12H21BrO2. The summed E-state index contributed by atoms with van der Waals surface area (Å²) in [5, 5.41) is 0. The first kappa shape index (κ1) is 11.9. The molecule has 0 N–H and O–H groups in total. The minimum atomic E-state index is 0.311. The first-order chi connectivity index (χ1) is 7.10. The van der Waals surface area contributed by atoms with Crippen LogP contribution >= 0.6 is 15.9 Å². The second-order valence-electron chi connectivity index (χ2n) is 5.40. The molecule has 0 spiro atoms. The molecule has 1 aliphatic heterocycles. The number of alkyl halides is 1. The molecule has 2 unspecified atom stereocenters. The van der Waals surface area contributed by atoms with E-state index in [1.54, 1.807) is 0 Å². The maximum absolute atomic E-state index is 6.02. The fourth-order valence-electron chi connectivity index (χ4n) is 2.28. The van der Waals surface area contributed by atoms with E-state index in [9.17, 15) is 0 Å². The Morgan fingerprint density at radius 1 is 1.33 bits per heavy atom. The highest BCUT2D eigenvalue weighted by atomic mass is 79.9. The van der Waals surface area contributed by atoms with Crippen LogP contribution in [0.25, 0.3) is 0 Å². The average Bonchev–Trinajstić information content (AvgIpc) is 2.25. The molecule has 1 heterocycles. The van der Waals surface area contributed by atoms with Crippen molar-refractivity contribution in [2.75, 3.05) is 19.8 Å². The quantitative estimate of drug-likeness (QED) is 0.738. The summed E-state index contributed by atoms with van der Waals surface area (Å²) >= 11 is 3.69. The molecule has 2 atom stereocenters. The lowest BCUT2D eigenvalue weighted by Crippen LogP contribution is -2.52. The lowest BCUT2D eigenvalue weighted by atomic mass is 9.69. The molecule has 88 valence electrons. The van der Waals surface area contributed by atoms with Crippen molar-refractivity contribution in [1.82, 2.24) is 0 Å². The number of hydrogen-bond donors (Lipinski definition) is 0. The first-order valence-corrected chi connectivity index (χ1v) is 6.85. The van der Waals surface area contributed by atoms with E-state index in [2.05, 4.69) is 29.8 Å². The van der Waals surface area contributed by atoms with E-state index < -0.39 is 0 Å². The van der Waals surface area contributed by atoms with Crippen LogP contribution in [0.5, 0.6) is 0 Å². The molecule has 2 rings (SSSR count). The summed E-state index contributed by atoms with van der Waals surface area (Å²) in [6.45, 7) is 7.33. The van der Waals surface area contributed by atoms with Gasteiger partial charge in [-0.25, -0.2) is 0 Å². The van der Waals surface area contributed by atoms with Crippen LogP contribution in [0.3, 0.4) is 0 Å². The van der Waals surface area contributed by atoms with Crippen LogP contribution < -0.4 is 0 Å². The molecule has 2 fully saturated rings. The van der Waals surface area contributed by atoms with Crippen molar-refractivity contribution in [3.63, 3.8) is 0 Å². The van der Waals surface area contributed by atoms with Gasteiger partial charge in [-0.15, -0.1) is 0 Å². The van der Waals surface area contributed by atoms with Gasteiger partial charge in [0.25, 0.3) is 0 Å².